The van der Waals surface area contributed by atoms with E-state index in [1.165, 1.54) is 5.57 Å². The van der Waals surface area contributed by atoms with Gasteiger partial charge >= 0.3 is 11.9 Å². The van der Waals surface area contributed by atoms with Gasteiger partial charge in [-0.25, -0.2) is 0 Å². The Morgan fingerprint density at radius 2 is 1.55 bits per heavy atom. The Balaban J connectivity index is 1.30. The van der Waals surface area contributed by atoms with E-state index in [0.29, 0.717) is 18.3 Å². The van der Waals surface area contributed by atoms with Crippen molar-refractivity contribution in [2.75, 3.05) is 0 Å². The number of carboxylic acid groups (broad SMARTS) is 1. The summed E-state index contributed by atoms with van der Waals surface area (Å²) in [7, 11) is 0. The number of amides is 1. The maximum absolute atomic E-state index is 14.6. The summed E-state index contributed by atoms with van der Waals surface area (Å²) < 4.78 is 6.16. The number of carbonyl (C=O) groups excluding carboxylic acids is 3. The molecular weight excluding hydrogens is 638 g/mol. The predicted octanol–water partition coefficient (Wildman–Crippen LogP) is 9.26. The van der Waals surface area contributed by atoms with Gasteiger partial charge in [0.2, 0.25) is 5.91 Å². The van der Waals surface area contributed by atoms with Gasteiger partial charge in [-0.2, -0.15) is 0 Å². The predicted molar refractivity (Wildman–Crippen MR) is 198 cm³/mol. The van der Waals surface area contributed by atoms with Crippen molar-refractivity contribution in [1.82, 2.24) is 5.32 Å². The highest BCUT2D eigenvalue weighted by Gasteiger charge is 2.71. The van der Waals surface area contributed by atoms with Gasteiger partial charge in [0.1, 0.15) is 6.10 Å². The first-order valence-corrected chi connectivity index (χ1v) is 19.7. The van der Waals surface area contributed by atoms with Gasteiger partial charge in [0, 0.05) is 11.8 Å². The first kappa shape index (κ1) is 37.8. The van der Waals surface area contributed by atoms with E-state index >= 15 is 0 Å². The monoisotopic (exact) mass is 701 g/mol. The van der Waals surface area contributed by atoms with Crippen molar-refractivity contribution in [3.8, 4) is 0 Å². The van der Waals surface area contributed by atoms with Crippen molar-refractivity contribution in [3.05, 3.63) is 47.0 Å². The minimum Gasteiger partial charge on any atom is -0.481 e. The lowest BCUT2D eigenvalue weighted by Crippen LogP contribution is -2.66. The van der Waals surface area contributed by atoms with Gasteiger partial charge in [-0.05, 0) is 129 Å². The fourth-order valence-corrected chi connectivity index (χ4v) is 12.9. The summed E-state index contributed by atoms with van der Waals surface area (Å²) in [6.45, 7) is 21.5. The molecule has 7 heteroatoms. The number of Topliss-reactive ketones (excluding diaryl/α,β-unsaturated/α-hetero) is 1. The van der Waals surface area contributed by atoms with Gasteiger partial charge in [0.15, 0.2) is 5.78 Å². The summed E-state index contributed by atoms with van der Waals surface area (Å²) in [5, 5.41) is 13.0. The molecule has 51 heavy (non-hydrogen) atoms. The molecule has 0 aromatic heterocycles. The SMILES string of the molecule is CC(C)C1=C2[C@H]3CC[C@@H]4[C@@]5(C)CC[C@H](OC(=O)CC(C)(C)C(=O)O)C(C)(C)[C@@H]5CC[C@@]4(C)[C@]3(C)CC[C@@]2(C(=O)NC(C)c2ccccc2)CC1=O. The van der Waals surface area contributed by atoms with E-state index < -0.39 is 22.8 Å². The average Bonchev–Trinajstić information content (AvgIpc) is 3.36. The fourth-order valence-electron chi connectivity index (χ4n) is 12.9. The summed E-state index contributed by atoms with van der Waals surface area (Å²) in [6, 6.07) is 9.94. The van der Waals surface area contributed by atoms with Crippen LogP contribution < -0.4 is 5.32 Å². The fraction of sp³-hybridized carbons (Fsp3) is 0.727. The highest BCUT2D eigenvalue weighted by atomic mass is 16.5. The van der Waals surface area contributed by atoms with E-state index in [4.69, 9.17) is 4.74 Å². The summed E-state index contributed by atoms with van der Waals surface area (Å²) in [6.07, 6.45) is 7.37. The van der Waals surface area contributed by atoms with Crippen molar-refractivity contribution >= 4 is 23.6 Å². The molecule has 7 nitrogen and oxygen atoms in total. The number of carboxylic acids is 1. The first-order valence-electron chi connectivity index (χ1n) is 19.7. The van der Waals surface area contributed by atoms with Crippen molar-refractivity contribution in [2.24, 2.45) is 56.2 Å². The molecule has 0 heterocycles. The topological polar surface area (TPSA) is 110 Å². The zero-order valence-corrected chi connectivity index (χ0v) is 32.9. The number of allylic oxidation sites excluding steroid dienone is 1. The molecule has 6 rings (SSSR count). The number of hydrogen-bond acceptors (Lipinski definition) is 5. The molecule has 4 saturated carbocycles. The zero-order valence-electron chi connectivity index (χ0n) is 32.9. The number of benzene rings is 1. The Hall–Kier alpha value is -2.96. The second-order valence-electron chi connectivity index (χ2n) is 19.6. The highest BCUT2D eigenvalue weighted by molar-refractivity contribution is 6.07. The Bertz CT molecular complexity index is 1620. The number of esters is 1. The number of fused-ring (bicyclic) bond motifs is 7. The van der Waals surface area contributed by atoms with Crippen LogP contribution in [0.2, 0.25) is 0 Å². The Labute approximate surface area is 306 Å². The van der Waals surface area contributed by atoms with Crippen molar-refractivity contribution in [1.29, 1.82) is 0 Å². The highest BCUT2D eigenvalue weighted by Crippen LogP contribution is 2.76. The molecule has 5 aliphatic carbocycles. The summed E-state index contributed by atoms with van der Waals surface area (Å²) in [5.41, 5.74) is 0.955. The van der Waals surface area contributed by atoms with Crippen molar-refractivity contribution in [3.63, 3.8) is 0 Å². The second kappa shape index (κ2) is 12.6. The number of ether oxygens (including phenoxy) is 1. The number of ketones is 1. The smallest absolute Gasteiger partial charge is 0.309 e. The largest absolute Gasteiger partial charge is 0.481 e. The summed E-state index contributed by atoms with van der Waals surface area (Å²) in [5.74, 6) is -0.176. The Morgan fingerprint density at radius 1 is 0.882 bits per heavy atom. The molecule has 9 atom stereocenters. The van der Waals surface area contributed by atoms with Crippen LogP contribution in [0.5, 0.6) is 0 Å². The van der Waals surface area contributed by atoms with Crippen LogP contribution in [0.15, 0.2) is 41.5 Å². The lowest BCUT2D eigenvalue weighted by molar-refractivity contribution is -0.233. The van der Waals surface area contributed by atoms with E-state index in [1.807, 2.05) is 25.1 Å². The molecule has 0 spiro atoms. The number of hydrogen-bond donors (Lipinski definition) is 2. The van der Waals surface area contributed by atoms with E-state index in [9.17, 15) is 24.3 Å². The van der Waals surface area contributed by atoms with Gasteiger partial charge in [0.05, 0.1) is 23.3 Å². The number of carbonyl (C=O) groups is 4. The van der Waals surface area contributed by atoms with E-state index in [2.05, 4.69) is 65.9 Å². The molecule has 4 fully saturated rings. The molecule has 1 aromatic carbocycles. The molecule has 5 aliphatic rings. The molecule has 280 valence electrons. The van der Waals surface area contributed by atoms with Crippen LogP contribution in [-0.2, 0) is 23.9 Å². The number of aliphatic carboxylic acids is 1. The van der Waals surface area contributed by atoms with Gasteiger partial charge in [-0.3, -0.25) is 19.2 Å². The Morgan fingerprint density at radius 3 is 2.18 bits per heavy atom. The van der Waals surface area contributed by atoms with Gasteiger partial charge in [0.25, 0.3) is 0 Å². The molecule has 1 unspecified atom stereocenters. The van der Waals surface area contributed by atoms with E-state index in [-0.39, 0.29) is 70.2 Å². The van der Waals surface area contributed by atoms with Crippen LogP contribution in [0.4, 0.5) is 0 Å². The molecule has 2 N–H and O–H groups in total. The van der Waals surface area contributed by atoms with Crippen LogP contribution in [0, 0.1) is 56.2 Å². The van der Waals surface area contributed by atoms with Crippen molar-refractivity contribution in [2.45, 2.75) is 146 Å². The molecule has 0 saturated heterocycles. The van der Waals surface area contributed by atoms with Crippen LogP contribution in [0.25, 0.3) is 0 Å². The standard InChI is InChI=1S/C44H63NO6/c1-26(2)35-30(46)24-44(37(48)45-27(3)28-14-12-11-13-15-28)23-22-42(9)29(36(35)44)16-17-32-41(8)20-19-33(51-34(47)25-39(4,5)38(49)50)40(6,7)31(41)18-21-43(32,42)10/h11-15,26-27,29,31-33H,16-25H2,1-10H3,(H,45,48)(H,49,50)/t27?,29-,31+,32-,33+,41+,42-,43-,44-/m1/s1. The molecule has 0 radical (unpaired) electrons. The third kappa shape index (κ3) is 5.64. The normalized spacial score (nSPS) is 37.8. The average molecular weight is 702 g/mol. The van der Waals surface area contributed by atoms with Crippen LogP contribution in [0.1, 0.15) is 145 Å². The third-order valence-electron chi connectivity index (χ3n) is 15.9. The van der Waals surface area contributed by atoms with Crippen LogP contribution >= 0.6 is 0 Å². The maximum atomic E-state index is 14.6. The summed E-state index contributed by atoms with van der Waals surface area (Å²) in [4.78, 5) is 53.4. The second-order valence-corrected chi connectivity index (χ2v) is 19.6. The molecular formula is C44H63NO6. The number of rotatable bonds is 8. The first-order chi connectivity index (χ1) is 23.7. The van der Waals surface area contributed by atoms with E-state index in [0.717, 1.165) is 56.1 Å². The number of nitrogens with one attached hydrogen (secondary N) is 1. The van der Waals surface area contributed by atoms with Crippen LogP contribution in [-0.4, -0.2) is 34.8 Å². The molecule has 1 amide bonds. The molecule has 1 aromatic rings. The Kier molecular flexibility index (Phi) is 9.32. The van der Waals surface area contributed by atoms with Gasteiger partial charge in [-0.1, -0.05) is 78.8 Å². The minimum absolute atomic E-state index is 0.0178. The lowest BCUT2D eigenvalue weighted by atomic mass is 9.33. The quantitative estimate of drug-likeness (QED) is 0.262. The van der Waals surface area contributed by atoms with Crippen molar-refractivity contribution < 1.29 is 29.0 Å². The van der Waals surface area contributed by atoms with Crippen LogP contribution in [0.3, 0.4) is 0 Å². The summed E-state index contributed by atoms with van der Waals surface area (Å²) >= 11 is 0. The van der Waals surface area contributed by atoms with Gasteiger partial charge < -0.3 is 15.2 Å². The van der Waals surface area contributed by atoms with Gasteiger partial charge in [-0.15, -0.1) is 0 Å². The maximum Gasteiger partial charge on any atom is 0.309 e. The third-order valence-corrected chi connectivity index (χ3v) is 15.9. The zero-order chi connectivity index (χ0) is 37.5. The lowest BCUT2D eigenvalue weighted by Gasteiger charge is -2.72. The minimum atomic E-state index is -1.17. The molecule has 0 aliphatic heterocycles. The molecule has 0 bridgehead atoms. The van der Waals surface area contributed by atoms with E-state index in [1.54, 1.807) is 13.8 Å².